The Hall–Kier alpha value is 0.832. The van der Waals surface area contributed by atoms with Gasteiger partial charge >= 0.3 is 27.3 Å². The Kier molecular flexibility index (Phi) is 13.7. The molecule has 0 rings (SSSR count). The molecular weight excluding hydrogens is 383 g/mol. The third-order valence-corrected chi connectivity index (χ3v) is 2.32. The standard InChI is InChI=1S/C8H18O3S.Pb.2H/c1-3-5-6-8(4-2)7-11-12(9)10;;;/h8,12H,3-7H2,1-2H3;;;. The average molecular weight is 404 g/mol. The molecule has 0 fully saturated rings. The molecule has 0 N–H and O–H groups in total. The van der Waals surface area contributed by atoms with Crippen molar-refractivity contribution in [1.82, 2.24) is 0 Å². The molecule has 0 aliphatic heterocycles. The molecule has 0 heterocycles. The number of unbranched alkanes of at least 4 members (excludes halogenated alkanes) is 1. The molecule has 0 amide bonds. The van der Waals surface area contributed by atoms with Crippen molar-refractivity contribution in [1.29, 1.82) is 0 Å². The van der Waals surface area contributed by atoms with Crippen molar-refractivity contribution >= 4 is 38.3 Å². The van der Waals surface area contributed by atoms with Gasteiger partial charge in [-0.1, -0.05) is 33.1 Å². The normalized spacial score (nSPS) is 12.5. The fourth-order valence-corrected chi connectivity index (χ4v) is 1.40. The summed E-state index contributed by atoms with van der Waals surface area (Å²) in [6, 6.07) is 0. The van der Waals surface area contributed by atoms with Gasteiger partial charge in [-0.05, 0) is 12.3 Å². The van der Waals surface area contributed by atoms with E-state index in [9.17, 15) is 8.42 Å². The van der Waals surface area contributed by atoms with Gasteiger partial charge in [0.25, 0.3) is 11.0 Å². The third kappa shape index (κ3) is 10.8. The summed E-state index contributed by atoms with van der Waals surface area (Å²) in [6.07, 6.45) is 4.36. The van der Waals surface area contributed by atoms with Crippen molar-refractivity contribution < 1.29 is 12.6 Å². The summed E-state index contributed by atoms with van der Waals surface area (Å²) >= 11 is 0. The van der Waals surface area contributed by atoms with Crippen molar-refractivity contribution in [3.05, 3.63) is 0 Å². The first-order chi connectivity index (χ1) is 5.70. The predicted octanol–water partition coefficient (Wildman–Crippen LogP) is 0.830. The SMILES string of the molecule is CCCCC(CC)CO[SH](=O)=O.[PbH2]. The van der Waals surface area contributed by atoms with Gasteiger partial charge in [0.05, 0.1) is 6.61 Å². The maximum absolute atomic E-state index is 10.1. The maximum atomic E-state index is 10.1. The second-order valence-corrected chi connectivity index (χ2v) is 3.64. The summed E-state index contributed by atoms with van der Waals surface area (Å²) in [6.45, 7) is 4.54. The van der Waals surface area contributed by atoms with Crippen molar-refractivity contribution in [3.8, 4) is 0 Å². The van der Waals surface area contributed by atoms with Crippen molar-refractivity contribution in [2.75, 3.05) is 6.61 Å². The van der Waals surface area contributed by atoms with Crippen LogP contribution in [0.4, 0.5) is 0 Å². The molecule has 0 aromatic rings. The zero-order valence-corrected chi connectivity index (χ0v) is 14.9. The van der Waals surface area contributed by atoms with Crippen molar-refractivity contribution in [2.24, 2.45) is 5.92 Å². The molecule has 0 aliphatic carbocycles. The van der Waals surface area contributed by atoms with E-state index in [-0.39, 0.29) is 27.3 Å². The summed E-state index contributed by atoms with van der Waals surface area (Å²) in [4.78, 5) is 0. The molecule has 13 heavy (non-hydrogen) atoms. The van der Waals surface area contributed by atoms with E-state index in [0.717, 1.165) is 25.7 Å². The van der Waals surface area contributed by atoms with Crippen LogP contribution in [0.15, 0.2) is 0 Å². The Labute approximate surface area is 103 Å². The molecule has 2 radical (unpaired) electrons. The van der Waals surface area contributed by atoms with Crippen molar-refractivity contribution in [3.63, 3.8) is 0 Å². The Morgan fingerprint density at radius 1 is 1.31 bits per heavy atom. The number of hydrogen-bond donors (Lipinski definition) is 1. The van der Waals surface area contributed by atoms with Crippen molar-refractivity contribution in [2.45, 2.75) is 39.5 Å². The summed E-state index contributed by atoms with van der Waals surface area (Å²) in [5, 5.41) is 0. The second kappa shape index (κ2) is 10.9. The monoisotopic (exact) mass is 404 g/mol. The summed E-state index contributed by atoms with van der Waals surface area (Å²) < 4.78 is 24.8. The average Bonchev–Trinajstić information content (AvgIpc) is 2.05. The first kappa shape index (κ1) is 16.3. The number of thiol groups is 1. The van der Waals surface area contributed by atoms with Crippen LogP contribution < -0.4 is 0 Å². The number of rotatable bonds is 7. The van der Waals surface area contributed by atoms with Gasteiger partial charge in [0.2, 0.25) is 0 Å². The topological polar surface area (TPSA) is 43.4 Å². The Morgan fingerprint density at radius 2 is 1.92 bits per heavy atom. The molecule has 80 valence electrons. The minimum absolute atomic E-state index is 0. The second-order valence-electron chi connectivity index (χ2n) is 2.94. The molecule has 0 saturated carbocycles. The van der Waals surface area contributed by atoms with E-state index in [4.69, 9.17) is 0 Å². The van der Waals surface area contributed by atoms with Gasteiger partial charge in [0, 0.05) is 0 Å². The van der Waals surface area contributed by atoms with Gasteiger partial charge in [0.15, 0.2) is 0 Å². The van der Waals surface area contributed by atoms with E-state index in [1.165, 1.54) is 0 Å². The first-order valence-electron chi connectivity index (χ1n) is 4.48. The molecule has 3 nitrogen and oxygen atoms in total. The van der Waals surface area contributed by atoms with Crippen LogP contribution in [0.5, 0.6) is 0 Å². The number of hydrogen-bond acceptors (Lipinski definition) is 3. The van der Waals surface area contributed by atoms with Crippen LogP contribution in [0.3, 0.4) is 0 Å². The molecule has 0 saturated heterocycles. The molecule has 5 heteroatoms. The van der Waals surface area contributed by atoms with Gasteiger partial charge < -0.3 is 0 Å². The summed E-state index contributed by atoms with van der Waals surface area (Å²) in [5.41, 5.74) is 0. The zero-order valence-electron chi connectivity index (χ0n) is 8.49. The molecule has 0 aliphatic rings. The fourth-order valence-electron chi connectivity index (χ4n) is 1.06. The van der Waals surface area contributed by atoms with Gasteiger partial charge in [-0.15, -0.1) is 0 Å². The third-order valence-electron chi connectivity index (χ3n) is 1.96. The van der Waals surface area contributed by atoms with Gasteiger partial charge in [-0.2, -0.15) is 0 Å². The quantitative estimate of drug-likeness (QED) is 0.506. The molecule has 0 spiro atoms. The Morgan fingerprint density at radius 3 is 2.31 bits per heavy atom. The Bertz CT molecular complexity index is 163. The van der Waals surface area contributed by atoms with Crippen LogP contribution in [0.1, 0.15) is 39.5 Å². The van der Waals surface area contributed by atoms with E-state index in [1.54, 1.807) is 0 Å². The van der Waals surface area contributed by atoms with Crippen LogP contribution in [0.25, 0.3) is 0 Å². The van der Waals surface area contributed by atoms with E-state index < -0.39 is 11.0 Å². The van der Waals surface area contributed by atoms with Crippen LogP contribution in [0.2, 0.25) is 0 Å². The Balaban J connectivity index is 0. The summed E-state index contributed by atoms with van der Waals surface area (Å²) in [5.74, 6) is 0.401. The van der Waals surface area contributed by atoms with Gasteiger partial charge in [-0.25, -0.2) is 8.42 Å². The van der Waals surface area contributed by atoms with Gasteiger partial charge in [-0.3, -0.25) is 4.18 Å². The molecule has 0 aromatic carbocycles. The van der Waals surface area contributed by atoms with Crippen LogP contribution in [-0.4, -0.2) is 42.3 Å². The first-order valence-corrected chi connectivity index (χ1v) is 5.57. The zero-order chi connectivity index (χ0) is 9.40. The van der Waals surface area contributed by atoms with Crippen LogP contribution >= 0.6 is 0 Å². The van der Waals surface area contributed by atoms with E-state index in [1.807, 2.05) is 0 Å². The van der Waals surface area contributed by atoms with E-state index in [0.29, 0.717) is 12.5 Å². The molecule has 1 unspecified atom stereocenters. The van der Waals surface area contributed by atoms with E-state index >= 15 is 0 Å². The van der Waals surface area contributed by atoms with E-state index in [2.05, 4.69) is 18.0 Å². The molecular formula is C8H20O3PbS. The van der Waals surface area contributed by atoms with Gasteiger partial charge in [0.1, 0.15) is 0 Å². The molecule has 0 bridgehead atoms. The van der Waals surface area contributed by atoms with Crippen LogP contribution in [-0.2, 0) is 15.2 Å². The predicted molar refractivity (Wildman–Crippen MR) is 58.1 cm³/mol. The minimum atomic E-state index is -2.65. The fraction of sp³-hybridized carbons (Fsp3) is 1.00. The molecule has 1 atom stereocenters. The molecule has 0 aromatic heterocycles. The van der Waals surface area contributed by atoms with Crippen LogP contribution in [0, 0.1) is 5.92 Å². The summed E-state index contributed by atoms with van der Waals surface area (Å²) in [7, 11) is -2.65.